The van der Waals surface area contributed by atoms with Crippen molar-refractivity contribution in [2.75, 3.05) is 7.05 Å². The predicted octanol–water partition coefficient (Wildman–Crippen LogP) is 1.50. The number of hydrogen-bond acceptors (Lipinski definition) is 3. The van der Waals surface area contributed by atoms with Gasteiger partial charge in [0.05, 0.1) is 0 Å². The Bertz CT molecular complexity index is 813. The van der Waals surface area contributed by atoms with Gasteiger partial charge in [-0.25, -0.2) is 4.79 Å². The Morgan fingerprint density at radius 3 is 2.64 bits per heavy atom. The summed E-state index contributed by atoms with van der Waals surface area (Å²) in [5.74, 6) is -0.292. The van der Waals surface area contributed by atoms with E-state index < -0.39 is 11.2 Å². The molecule has 0 aliphatic heterocycles. The number of H-pyrrole nitrogens is 1. The molecule has 0 aliphatic carbocycles. The maximum Gasteiger partial charge on any atom is 0.328 e. The minimum atomic E-state index is -0.626. The van der Waals surface area contributed by atoms with E-state index in [-0.39, 0.29) is 19.0 Å². The van der Waals surface area contributed by atoms with E-state index in [9.17, 15) is 14.4 Å². The quantitative estimate of drug-likeness (QED) is 0.915. The van der Waals surface area contributed by atoms with E-state index in [0.29, 0.717) is 10.0 Å². The van der Waals surface area contributed by atoms with Gasteiger partial charge in [0.25, 0.3) is 5.56 Å². The summed E-state index contributed by atoms with van der Waals surface area (Å²) in [7, 11) is 1.60. The molecule has 0 bridgehead atoms. The Morgan fingerprint density at radius 1 is 1.27 bits per heavy atom. The van der Waals surface area contributed by atoms with Crippen molar-refractivity contribution in [1.29, 1.82) is 0 Å². The van der Waals surface area contributed by atoms with Gasteiger partial charge in [-0.3, -0.25) is 19.1 Å². The van der Waals surface area contributed by atoms with Crippen molar-refractivity contribution in [3.63, 3.8) is 0 Å². The first kappa shape index (κ1) is 16.3. The maximum absolute atomic E-state index is 12.1. The van der Waals surface area contributed by atoms with Crippen molar-refractivity contribution in [3.8, 4) is 0 Å². The second-order valence-electron chi connectivity index (χ2n) is 4.72. The molecular weight excluding hydrogens is 329 g/mol. The molecule has 0 radical (unpaired) electrons. The largest absolute Gasteiger partial charge is 0.340 e. The standard InChI is InChI=1S/C14H13Cl2N3O3/c1-18(7-9-2-3-10(15)6-11(9)16)13(21)8-19-5-4-12(20)17-14(19)22/h2-6H,7-8H2,1H3,(H,17,20,22). The molecule has 2 rings (SSSR count). The molecule has 1 aromatic carbocycles. The van der Waals surface area contributed by atoms with E-state index in [1.807, 2.05) is 0 Å². The molecule has 0 atom stereocenters. The number of hydrogen-bond donors (Lipinski definition) is 1. The van der Waals surface area contributed by atoms with Gasteiger partial charge in [-0.1, -0.05) is 29.3 Å². The topological polar surface area (TPSA) is 75.2 Å². The number of halogens is 2. The highest BCUT2D eigenvalue weighted by Crippen LogP contribution is 2.21. The molecule has 0 saturated heterocycles. The highest BCUT2D eigenvalue weighted by molar-refractivity contribution is 6.35. The lowest BCUT2D eigenvalue weighted by Crippen LogP contribution is -2.36. The van der Waals surface area contributed by atoms with Gasteiger partial charge in [0.2, 0.25) is 5.91 Å². The van der Waals surface area contributed by atoms with Crippen molar-refractivity contribution in [2.45, 2.75) is 13.1 Å². The lowest BCUT2D eigenvalue weighted by molar-refractivity contribution is -0.131. The fourth-order valence-electron chi connectivity index (χ4n) is 1.83. The van der Waals surface area contributed by atoms with Crippen molar-refractivity contribution in [2.24, 2.45) is 0 Å². The molecule has 1 aromatic heterocycles. The van der Waals surface area contributed by atoms with E-state index in [1.54, 1.807) is 25.2 Å². The molecule has 1 N–H and O–H groups in total. The number of carbonyl (C=O) groups is 1. The van der Waals surface area contributed by atoms with E-state index in [4.69, 9.17) is 23.2 Å². The van der Waals surface area contributed by atoms with Crippen LogP contribution in [-0.2, 0) is 17.9 Å². The van der Waals surface area contributed by atoms with Gasteiger partial charge < -0.3 is 4.90 Å². The lowest BCUT2D eigenvalue weighted by Gasteiger charge is -2.18. The maximum atomic E-state index is 12.1. The van der Waals surface area contributed by atoms with Crippen LogP contribution in [0.3, 0.4) is 0 Å². The van der Waals surface area contributed by atoms with Crippen molar-refractivity contribution in [3.05, 3.63) is 66.9 Å². The smallest absolute Gasteiger partial charge is 0.328 e. The summed E-state index contributed by atoms with van der Waals surface area (Å²) in [5, 5.41) is 0.982. The zero-order chi connectivity index (χ0) is 16.3. The second-order valence-corrected chi connectivity index (χ2v) is 5.57. The summed E-state index contributed by atoms with van der Waals surface area (Å²) in [6.45, 7) is 0.115. The lowest BCUT2D eigenvalue weighted by atomic mass is 10.2. The monoisotopic (exact) mass is 341 g/mol. The minimum Gasteiger partial charge on any atom is -0.340 e. The molecule has 0 saturated carbocycles. The van der Waals surface area contributed by atoms with Gasteiger partial charge in [-0.2, -0.15) is 0 Å². The summed E-state index contributed by atoms with van der Waals surface area (Å²) in [6.07, 6.45) is 1.28. The van der Waals surface area contributed by atoms with Gasteiger partial charge in [0.15, 0.2) is 0 Å². The molecule has 0 aliphatic rings. The minimum absolute atomic E-state index is 0.169. The fraction of sp³-hybridized carbons (Fsp3) is 0.214. The third kappa shape index (κ3) is 3.99. The summed E-state index contributed by atoms with van der Waals surface area (Å²) < 4.78 is 1.13. The van der Waals surface area contributed by atoms with Crippen LogP contribution in [0.4, 0.5) is 0 Å². The second kappa shape index (κ2) is 6.81. The molecule has 0 spiro atoms. The number of nitrogens with zero attached hydrogens (tertiary/aromatic N) is 2. The Labute approximate surface area is 135 Å². The van der Waals surface area contributed by atoms with Crippen LogP contribution in [-0.4, -0.2) is 27.4 Å². The molecule has 6 nitrogen and oxygen atoms in total. The van der Waals surface area contributed by atoms with Gasteiger partial charge >= 0.3 is 5.69 Å². The number of nitrogens with one attached hydrogen (secondary N) is 1. The van der Waals surface area contributed by atoms with Crippen LogP contribution in [0.15, 0.2) is 40.1 Å². The normalized spacial score (nSPS) is 10.5. The number of amides is 1. The zero-order valence-corrected chi connectivity index (χ0v) is 13.2. The van der Waals surface area contributed by atoms with Crippen LogP contribution in [0.5, 0.6) is 0 Å². The van der Waals surface area contributed by atoms with E-state index >= 15 is 0 Å². The molecule has 0 unspecified atom stereocenters. The van der Waals surface area contributed by atoms with Crippen molar-refractivity contribution < 1.29 is 4.79 Å². The Morgan fingerprint density at radius 2 is 2.00 bits per heavy atom. The van der Waals surface area contributed by atoms with Gasteiger partial charge in [0, 0.05) is 35.9 Å². The fourth-order valence-corrected chi connectivity index (χ4v) is 2.30. The van der Waals surface area contributed by atoms with Crippen molar-refractivity contribution in [1.82, 2.24) is 14.5 Å². The van der Waals surface area contributed by atoms with Crippen LogP contribution >= 0.6 is 23.2 Å². The molecule has 0 fully saturated rings. The molecule has 22 heavy (non-hydrogen) atoms. The summed E-state index contributed by atoms with van der Waals surface area (Å²) in [6, 6.07) is 6.21. The summed E-state index contributed by atoms with van der Waals surface area (Å²) in [4.78, 5) is 38.2. The average molecular weight is 342 g/mol. The number of aromatic nitrogens is 2. The first-order valence-electron chi connectivity index (χ1n) is 6.34. The number of benzene rings is 1. The Hall–Kier alpha value is -2.05. The van der Waals surface area contributed by atoms with E-state index in [2.05, 4.69) is 4.98 Å². The summed E-state index contributed by atoms with van der Waals surface area (Å²) in [5.41, 5.74) is -0.385. The molecule has 1 amide bonds. The highest BCUT2D eigenvalue weighted by atomic mass is 35.5. The van der Waals surface area contributed by atoms with Crippen LogP contribution < -0.4 is 11.2 Å². The number of carbonyl (C=O) groups excluding carboxylic acids is 1. The highest BCUT2D eigenvalue weighted by Gasteiger charge is 2.12. The van der Waals surface area contributed by atoms with Crippen LogP contribution in [0.1, 0.15) is 5.56 Å². The van der Waals surface area contributed by atoms with Gasteiger partial charge in [0.1, 0.15) is 6.54 Å². The number of rotatable bonds is 4. The van der Waals surface area contributed by atoms with Crippen molar-refractivity contribution >= 4 is 29.1 Å². The van der Waals surface area contributed by atoms with Crippen LogP contribution in [0.25, 0.3) is 0 Å². The number of likely N-dealkylation sites (N-methyl/N-ethyl adjacent to an activating group) is 1. The van der Waals surface area contributed by atoms with Gasteiger partial charge in [-0.05, 0) is 17.7 Å². The predicted molar refractivity (Wildman–Crippen MR) is 84.3 cm³/mol. The van der Waals surface area contributed by atoms with E-state index in [0.717, 1.165) is 10.1 Å². The third-order valence-corrected chi connectivity index (χ3v) is 3.64. The third-order valence-electron chi connectivity index (χ3n) is 3.05. The Kier molecular flexibility index (Phi) is 5.05. The molecule has 1 heterocycles. The average Bonchev–Trinajstić information content (AvgIpc) is 2.44. The summed E-state index contributed by atoms with van der Waals surface area (Å²) >= 11 is 11.9. The number of aromatic amines is 1. The first-order valence-corrected chi connectivity index (χ1v) is 7.10. The molecule has 8 heteroatoms. The molecule has 116 valence electrons. The molecule has 2 aromatic rings. The van der Waals surface area contributed by atoms with Gasteiger partial charge in [-0.15, -0.1) is 0 Å². The van der Waals surface area contributed by atoms with Crippen LogP contribution in [0, 0.1) is 0 Å². The first-order chi connectivity index (χ1) is 10.4. The van der Waals surface area contributed by atoms with E-state index in [1.165, 1.54) is 17.2 Å². The molecular formula is C14H13Cl2N3O3. The zero-order valence-electron chi connectivity index (χ0n) is 11.7. The SMILES string of the molecule is CN(Cc1ccc(Cl)cc1Cl)C(=O)Cn1ccc(=O)[nH]c1=O. The van der Waals surface area contributed by atoms with Crippen LogP contribution in [0.2, 0.25) is 10.0 Å². The Balaban J connectivity index is 2.09.